The molecule has 0 aliphatic carbocycles. The van der Waals surface area contributed by atoms with Crippen LogP contribution in [-0.4, -0.2) is 52.1 Å². The first-order valence-electron chi connectivity index (χ1n) is 7.33. The number of likely N-dealkylation sites (N-methyl/N-ethyl adjacent to an activating group) is 1. The van der Waals surface area contributed by atoms with Gasteiger partial charge in [-0.15, -0.1) is 0 Å². The van der Waals surface area contributed by atoms with Gasteiger partial charge in [0.25, 0.3) is 0 Å². The zero-order valence-corrected chi connectivity index (χ0v) is 11.8. The second-order valence-electron chi connectivity index (χ2n) is 6.02. The molecule has 0 aromatic carbocycles. The minimum absolute atomic E-state index is 0.422. The highest BCUT2D eigenvalue weighted by Gasteiger charge is 2.30. The van der Waals surface area contributed by atoms with Crippen LogP contribution in [0, 0.1) is 11.3 Å². The lowest BCUT2D eigenvalue weighted by atomic mass is 9.82. The first-order valence-corrected chi connectivity index (χ1v) is 7.33. The van der Waals surface area contributed by atoms with Gasteiger partial charge in [-0.05, 0) is 24.8 Å². The van der Waals surface area contributed by atoms with E-state index in [1.165, 1.54) is 12.8 Å². The Bertz CT molecular complexity index is 242. The number of hydrogen-bond acceptors (Lipinski definition) is 4. The fourth-order valence-electron chi connectivity index (χ4n) is 2.89. The molecule has 4 heteroatoms. The third-order valence-corrected chi connectivity index (χ3v) is 4.32. The normalized spacial score (nSPS) is 31.7. The molecule has 2 saturated heterocycles. The summed E-state index contributed by atoms with van der Waals surface area (Å²) in [5.41, 5.74) is 0.422. The van der Waals surface area contributed by atoms with Crippen molar-refractivity contribution in [2.45, 2.75) is 32.7 Å². The molecule has 2 fully saturated rings. The van der Waals surface area contributed by atoms with Crippen molar-refractivity contribution in [2.24, 2.45) is 11.3 Å². The van der Waals surface area contributed by atoms with Crippen LogP contribution in [-0.2, 0) is 9.47 Å². The smallest absolute Gasteiger partial charge is 0.0623 e. The molecule has 2 unspecified atom stereocenters. The first-order chi connectivity index (χ1) is 8.73. The van der Waals surface area contributed by atoms with Gasteiger partial charge in [-0.3, -0.25) is 0 Å². The monoisotopic (exact) mass is 256 g/mol. The summed E-state index contributed by atoms with van der Waals surface area (Å²) in [6.45, 7) is 11.3. The molecule has 4 nitrogen and oxygen atoms in total. The topological polar surface area (TPSA) is 42.5 Å². The number of hydrogen-bond donors (Lipinski definition) is 2. The van der Waals surface area contributed by atoms with E-state index in [1.54, 1.807) is 0 Å². The molecule has 0 aromatic heterocycles. The van der Waals surface area contributed by atoms with Crippen LogP contribution in [0.1, 0.15) is 26.7 Å². The van der Waals surface area contributed by atoms with Crippen LogP contribution in [0.15, 0.2) is 0 Å². The Balaban J connectivity index is 1.67. The van der Waals surface area contributed by atoms with Crippen LogP contribution < -0.4 is 10.6 Å². The van der Waals surface area contributed by atoms with Crippen molar-refractivity contribution in [1.82, 2.24) is 10.6 Å². The standard InChI is InChI=1S/C14H28N2O2/c1-3-16-13-10-18-9-12(13)8-15-11-14(2)4-6-17-7-5-14/h12-13,15-16H,3-11H2,1-2H3. The van der Waals surface area contributed by atoms with E-state index in [-0.39, 0.29) is 0 Å². The third-order valence-electron chi connectivity index (χ3n) is 4.32. The Morgan fingerprint density at radius 3 is 2.67 bits per heavy atom. The lowest BCUT2D eigenvalue weighted by molar-refractivity contribution is 0.0236. The zero-order chi connectivity index (χ0) is 12.8. The molecule has 2 atom stereocenters. The molecule has 0 saturated carbocycles. The Labute approximate surface area is 111 Å². The van der Waals surface area contributed by atoms with E-state index < -0.39 is 0 Å². The summed E-state index contributed by atoms with van der Waals surface area (Å²) >= 11 is 0. The fourth-order valence-corrected chi connectivity index (χ4v) is 2.89. The Kier molecular flexibility index (Phi) is 5.42. The van der Waals surface area contributed by atoms with E-state index in [2.05, 4.69) is 24.5 Å². The Hall–Kier alpha value is -0.160. The number of ether oxygens (including phenoxy) is 2. The molecule has 2 rings (SSSR count). The number of rotatable bonds is 6. The average molecular weight is 256 g/mol. The van der Waals surface area contributed by atoms with Gasteiger partial charge >= 0.3 is 0 Å². The van der Waals surface area contributed by atoms with Gasteiger partial charge in [0, 0.05) is 38.3 Å². The molecule has 2 aliphatic heterocycles. The van der Waals surface area contributed by atoms with Crippen molar-refractivity contribution in [3.63, 3.8) is 0 Å². The maximum atomic E-state index is 5.57. The van der Waals surface area contributed by atoms with E-state index in [9.17, 15) is 0 Å². The average Bonchev–Trinajstić information content (AvgIpc) is 2.78. The van der Waals surface area contributed by atoms with E-state index in [0.29, 0.717) is 17.4 Å². The lowest BCUT2D eigenvalue weighted by Crippen LogP contribution is -2.43. The van der Waals surface area contributed by atoms with Crippen molar-refractivity contribution in [1.29, 1.82) is 0 Å². The fraction of sp³-hybridized carbons (Fsp3) is 1.00. The van der Waals surface area contributed by atoms with Crippen molar-refractivity contribution >= 4 is 0 Å². The second kappa shape index (κ2) is 6.85. The summed E-state index contributed by atoms with van der Waals surface area (Å²) in [7, 11) is 0. The summed E-state index contributed by atoms with van der Waals surface area (Å²) in [5, 5.41) is 7.16. The molecule has 18 heavy (non-hydrogen) atoms. The lowest BCUT2D eigenvalue weighted by Gasteiger charge is -2.34. The van der Waals surface area contributed by atoms with Gasteiger partial charge in [-0.1, -0.05) is 13.8 Å². The summed E-state index contributed by atoms with van der Waals surface area (Å²) < 4.78 is 11.0. The summed E-state index contributed by atoms with van der Waals surface area (Å²) in [6.07, 6.45) is 2.36. The van der Waals surface area contributed by atoms with Crippen LogP contribution in [0.25, 0.3) is 0 Å². The Morgan fingerprint density at radius 1 is 1.17 bits per heavy atom. The van der Waals surface area contributed by atoms with Crippen LogP contribution in [0.5, 0.6) is 0 Å². The molecule has 2 heterocycles. The van der Waals surface area contributed by atoms with Gasteiger partial charge in [0.05, 0.1) is 13.2 Å². The molecular formula is C14H28N2O2. The Morgan fingerprint density at radius 2 is 1.94 bits per heavy atom. The van der Waals surface area contributed by atoms with Crippen molar-refractivity contribution in [2.75, 3.05) is 46.1 Å². The molecule has 0 bridgehead atoms. The highest BCUT2D eigenvalue weighted by Crippen LogP contribution is 2.28. The van der Waals surface area contributed by atoms with Gasteiger partial charge in [0.15, 0.2) is 0 Å². The maximum absolute atomic E-state index is 5.57. The minimum atomic E-state index is 0.422. The third kappa shape index (κ3) is 3.92. The largest absolute Gasteiger partial charge is 0.381 e. The highest BCUT2D eigenvalue weighted by molar-refractivity contribution is 4.85. The van der Waals surface area contributed by atoms with Gasteiger partial charge in [0.2, 0.25) is 0 Å². The maximum Gasteiger partial charge on any atom is 0.0623 e. The molecule has 2 N–H and O–H groups in total. The van der Waals surface area contributed by atoms with Crippen molar-refractivity contribution in [3.8, 4) is 0 Å². The quantitative estimate of drug-likeness (QED) is 0.744. The van der Waals surface area contributed by atoms with E-state index in [4.69, 9.17) is 9.47 Å². The van der Waals surface area contributed by atoms with E-state index in [1.807, 2.05) is 0 Å². The van der Waals surface area contributed by atoms with Crippen LogP contribution >= 0.6 is 0 Å². The van der Waals surface area contributed by atoms with Crippen LogP contribution in [0.3, 0.4) is 0 Å². The summed E-state index contributed by atoms with van der Waals surface area (Å²) in [6, 6.07) is 0.532. The molecule has 0 amide bonds. The molecule has 0 aromatic rings. The van der Waals surface area contributed by atoms with Gasteiger partial charge in [0.1, 0.15) is 0 Å². The predicted molar refractivity (Wildman–Crippen MR) is 72.8 cm³/mol. The zero-order valence-electron chi connectivity index (χ0n) is 11.8. The minimum Gasteiger partial charge on any atom is -0.381 e. The van der Waals surface area contributed by atoms with E-state index >= 15 is 0 Å². The van der Waals surface area contributed by atoms with Crippen molar-refractivity contribution in [3.05, 3.63) is 0 Å². The van der Waals surface area contributed by atoms with Crippen LogP contribution in [0.2, 0.25) is 0 Å². The SMILES string of the molecule is CCNC1COCC1CNCC1(C)CCOCC1. The van der Waals surface area contributed by atoms with Crippen LogP contribution in [0.4, 0.5) is 0 Å². The van der Waals surface area contributed by atoms with Gasteiger partial charge < -0.3 is 20.1 Å². The van der Waals surface area contributed by atoms with Crippen molar-refractivity contribution < 1.29 is 9.47 Å². The predicted octanol–water partition coefficient (Wildman–Crippen LogP) is 1.02. The molecule has 0 radical (unpaired) electrons. The molecule has 0 spiro atoms. The second-order valence-corrected chi connectivity index (χ2v) is 6.02. The van der Waals surface area contributed by atoms with E-state index in [0.717, 1.165) is 46.1 Å². The van der Waals surface area contributed by atoms with Gasteiger partial charge in [-0.25, -0.2) is 0 Å². The highest BCUT2D eigenvalue weighted by atomic mass is 16.5. The van der Waals surface area contributed by atoms with Gasteiger partial charge in [-0.2, -0.15) is 0 Å². The number of nitrogens with one attached hydrogen (secondary N) is 2. The first kappa shape index (κ1) is 14.3. The summed E-state index contributed by atoms with van der Waals surface area (Å²) in [5.74, 6) is 0.619. The molecular weight excluding hydrogens is 228 g/mol. The summed E-state index contributed by atoms with van der Waals surface area (Å²) in [4.78, 5) is 0. The molecule has 106 valence electrons. The molecule has 2 aliphatic rings.